The number of aliphatic carboxylic acids is 1. The summed E-state index contributed by atoms with van der Waals surface area (Å²) in [6, 6.07) is 5.18. The maximum absolute atomic E-state index is 10.8. The Bertz CT molecular complexity index is 398. The van der Waals surface area contributed by atoms with Crippen LogP contribution >= 0.6 is 27.5 Å². The van der Waals surface area contributed by atoms with Crippen molar-refractivity contribution in [3.63, 3.8) is 0 Å². The summed E-state index contributed by atoms with van der Waals surface area (Å²) < 4.78 is 0.824. The minimum Gasteiger partial charge on any atom is -0.481 e. The van der Waals surface area contributed by atoms with Gasteiger partial charge in [0.25, 0.3) is 0 Å². The molecule has 88 valence electrons. The number of carboxylic acid groups (broad SMARTS) is 1. The third-order valence-corrected chi connectivity index (χ3v) is 3.35. The second kappa shape index (κ2) is 5.55. The molecular formula is C11H13BrClNO2. The molecule has 2 unspecified atom stereocenters. The molecule has 0 saturated heterocycles. The normalized spacial score (nSPS) is 14.2. The molecule has 16 heavy (non-hydrogen) atoms. The van der Waals surface area contributed by atoms with Crippen molar-refractivity contribution in [2.45, 2.75) is 19.9 Å². The minimum atomic E-state index is -0.815. The molecule has 5 heteroatoms. The zero-order chi connectivity index (χ0) is 12.3. The van der Waals surface area contributed by atoms with Crippen molar-refractivity contribution in [2.75, 3.05) is 5.32 Å². The summed E-state index contributed by atoms with van der Waals surface area (Å²) in [7, 11) is 0. The van der Waals surface area contributed by atoms with E-state index in [1.165, 1.54) is 0 Å². The van der Waals surface area contributed by atoms with E-state index in [2.05, 4.69) is 21.2 Å². The molecule has 1 rings (SSSR count). The van der Waals surface area contributed by atoms with Gasteiger partial charge >= 0.3 is 5.97 Å². The molecule has 0 aromatic heterocycles. The quantitative estimate of drug-likeness (QED) is 0.893. The molecule has 3 nitrogen and oxygen atoms in total. The van der Waals surface area contributed by atoms with Gasteiger partial charge in [-0.15, -0.1) is 0 Å². The molecule has 1 aromatic carbocycles. The van der Waals surface area contributed by atoms with Crippen molar-refractivity contribution < 1.29 is 9.90 Å². The van der Waals surface area contributed by atoms with Crippen LogP contribution in [0.4, 0.5) is 5.69 Å². The lowest BCUT2D eigenvalue weighted by molar-refractivity contribution is -0.141. The Morgan fingerprint density at radius 3 is 2.62 bits per heavy atom. The van der Waals surface area contributed by atoms with Crippen LogP contribution in [-0.4, -0.2) is 17.1 Å². The molecule has 0 fully saturated rings. The van der Waals surface area contributed by atoms with E-state index in [9.17, 15) is 4.79 Å². The summed E-state index contributed by atoms with van der Waals surface area (Å²) in [6.45, 7) is 3.50. The SMILES string of the molecule is CC(Nc1ccc(Cl)cc1Br)C(C)C(=O)O. The number of benzene rings is 1. The topological polar surface area (TPSA) is 49.3 Å². The first kappa shape index (κ1) is 13.3. The van der Waals surface area contributed by atoms with Gasteiger partial charge < -0.3 is 10.4 Å². The Morgan fingerprint density at radius 2 is 2.12 bits per heavy atom. The number of carboxylic acids is 1. The second-order valence-corrected chi connectivity index (χ2v) is 4.97. The standard InChI is InChI=1S/C11H13BrClNO2/c1-6(11(15)16)7(2)14-10-4-3-8(13)5-9(10)12/h3-7,14H,1-2H3,(H,15,16). The van der Waals surface area contributed by atoms with Crippen molar-refractivity contribution in [1.29, 1.82) is 0 Å². The molecule has 2 N–H and O–H groups in total. The fourth-order valence-corrected chi connectivity index (χ4v) is 1.99. The van der Waals surface area contributed by atoms with E-state index in [0.717, 1.165) is 10.2 Å². The van der Waals surface area contributed by atoms with Crippen LogP contribution in [0.3, 0.4) is 0 Å². The molecule has 2 atom stereocenters. The van der Waals surface area contributed by atoms with Gasteiger partial charge in [-0.1, -0.05) is 11.6 Å². The number of carbonyl (C=O) groups is 1. The Labute approximate surface area is 108 Å². The summed E-state index contributed by atoms with van der Waals surface area (Å²) >= 11 is 9.18. The lowest BCUT2D eigenvalue weighted by atomic mass is 10.0. The monoisotopic (exact) mass is 305 g/mol. The molecule has 0 aliphatic carbocycles. The molecule has 0 spiro atoms. The largest absolute Gasteiger partial charge is 0.481 e. The first-order chi connectivity index (χ1) is 7.41. The highest BCUT2D eigenvalue weighted by Crippen LogP contribution is 2.27. The van der Waals surface area contributed by atoms with Crippen LogP contribution in [0, 0.1) is 5.92 Å². The molecular weight excluding hydrogens is 293 g/mol. The first-order valence-corrected chi connectivity index (χ1v) is 6.03. The van der Waals surface area contributed by atoms with E-state index in [4.69, 9.17) is 16.7 Å². The van der Waals surface area contributed by atoms with Gasteiger partial charge in [0.15, 0.2) is 0 Å². The summed E-state index contributed by atoms with van der Waals surface area (Å²) in [5.74, 6) is -1.27. The first-order valence-electron chi connectivity index (χ1n) is 4.86. The van der Waals surface area contributed by atoms with Crippen molar-refractivity contribution in [2.24, 2.45) is 5.92 Å². The van der Waals surface area contributed by atoms with Crippen LogP contribution in [0.1, 0.15) is 13.8 Å². The van der Waals surface area contributed by atoms with Crippen molar-refractivity contribution in [3.8, 4) is 0 Å². The Kier molecular flexibility index (Phi) is 4.62. The summed E-state index contributed by atoms with van der Waals surface area (Å²) in [5, 5.41) is 12.6. The van der Waals surface area contributed by atoms with Gasteiger partial charge in [0, 0.05) is 21.2 Å². The summed E-state index contributed by atoms with van der Waals surface area (Å²) in [5.41, 5.74) is 0.838. The fraction of sp³-hybridized carbons (Fsp3) is 0.364. The Hall–Kier alpha value is -0.740. The highest BCUT2D eigenvalue weighted by atomic mass is 79.9. The smallest absolute Gasteiger partial charge is 0.308 e. The molecule has 0 aliphatic heterocycles. The number of hydrogen-bond donors (Lipinski definition) is 2. The third kappa shape index (κ3) is 3.39. The number of nitrogens with one attached hydrogen (secondary N) is 1. The molecule has 0 saturated carbocycles. The number of hydrogen-bond acceptors (Lipinski definition) is 2. The number of rotatable bonds is 4. The van der Waals surface area contributed by atoms with E-state index >= 15 is 0 Å². The van der Waals surface area contributed by atoms with Gasteiger partial charge in [0.1, 0.15) is 0 Å². The van der Waals surface area contributed by atoms with Crippen molar-refractivity contribution >= 4 is 39.2 Å². The number of anilines is 1. The Balaban J connectivity index is 2.77. The average molecular weight is 307 g/mol. The maximum Gasteiger partial charge on any atom is 0.308 e. The molecule has 0 radical (unpaired) electrons. The summed E-state index contributed by atoms with van der Waals surface area (Å²) in [4.78, 5) is 10.8. The predicted octanol–water partition coefficient (Wildman–Crippen LogP) is 3.62. The fourth-order valence-electron chi connectivity index (χ4n) is 1.19. The van der Waals surface area contributed by atoms with Crippen LogP contribution in [0.2, 0.25) is 5.02 Å². The van der Waals surface area contributed by atoms with E-state index in [1.54, 1.807) is 19.1 Å². The predicted molar refractivity (Wildman–Crippen MR) is 69.0 cm³/mol. The minimum absolute atomic E-state index is 0.157. The molecule has 1 aromatic rings. The van der Waals surface area contributed by atoms with E-state index in [-0.39, 0.29) is 6.04 Å². The van der Waals surface area contributed by atoms with Crippen molar-refractivity contribution in [3.05, 3.63) is 27.7 Å². The van der Waals surface area contributed by atoms with Crippen LogP contribution in [-0.2, 0) is 4.79 Å². The maximum atomic E-state index is 10.8. The molecule has 0 aliphatic rings. The third-order valence-electron chi connectivity index (χ3n) is 2.45. The van der Waals surface area contributed by atoms with Gasteiger partial charge in [0.2, 0.25) is 0 Å². The zero-order valence-electron chi connectivity index (χ0n) is 9.00. The van der Waals surface area contributed by atoms with Crippen LogP contribution in [0.15, 0.2) is 22.7 Å². The second-order valence-electron chi connectivity index (χ2n) is 3.68. The van der Waals surface area contributed by atoms with Crippen LogP contribution < -0.4 is 5.32 Å². The van der Waals surface area contributed by atoms with Crippen LogP contribution in [0.25, 0.3) is 0 Å². The van der Waals surface area contributed by atoms with Crippen LogP contribution in [0.5, 0.6) is 0 Å². The van der Waals surface area contributed by atoms with E-state index in [0.29, 0.717) is 5.02 Å². The van der Waals surface area contributed by atoms with E-state index < -0.39 is 11.9 Å². The average Bonchev–Trinajstić information content (AvgIpc) is 2.20. The Morgan fingerprint density at radius 1 is 1.50 bits per heavy atom. The van der Waals surface area contributed by atoms with Gasteiger partial charge in [-0.25, -0.2) is 0 Å². The van der Waals surface area contributed by atoms with Gasteiger partial charge in [-0.05, 0) is 48.0 Å². The highest BCUT2D eigenvalue weighted by molar-refractivity contribution is 9.10. The van der Waals surface area contributed by atoms with Crippen molar-refractivity contribution in [1.82, 2.24) is 0 Å². The zero-order valence-corrected chi connectivity index (χ0v) is 11.3. The summed E-state index contributed by atoms with van der Waals surface area (Å²) in [6.07, 6.45) is 0. The number of halogens is 2. The molecule has 0 amide bonds. The molecule has 0 heterocycles. The van der Waals surface area contributed by atoms with Gasteiger partial charge in [-0.2, -0.15) is 0 Å². The lowest BCUT2D eigenvalue weighted by Gasteiger charge is -2.19. The van der Waals surface area contributed by atoms with Gasteiger partial charge in [-0.3, -0.25) is 4.79 Å². The molecule has 0 bridgehead atoms. The lowest BCUT2D eigenvalue weighted by Crippen LogP contribution is -2.29. The van der Waals surface area contributed by atoms with E-state index in [1.807, 2.05) is 13.0 Å². The highest BCUT2D eigenvalue weighted by Gasteiger charge is 2.19. The van der Waals surface area contributed by atoms with Gasteiger partial charge in [0.05, 0.1) is 5.92 Å².